The van der Waals surface area contributed by atoms with Crippen molar-refractivity contribution in [3.8, 4) is 60.2 Å². The number of hydrogen-bond donors (Lipinski definition) is 0. The molecule has 0 aliphatic carbocycles. The van der Waals surface area contributed by atoms with E-state index in [1.54, 1.807) is 22.7 Å². The highest BCUT2D eigenvalue weighted by molar-refractivity contribution is 7.30. The van der Waals surface area contributed by atoms with Gasteiger partial charge in [-0.1, -0.05) is 72.8 Å². The molecular formula is C46H26N2S5. The summed E-state index contributed by atoms with van der Waals surface area (Å²) >= 11 is 9.01. The van der Waals surface area contributed by atoms with Gasteiger partial charge in [-0.2, -0.15) is 0 Å². The lowest BCUT2D eigenvalue weighted by molar-refractivity contribution is 1.43. The van der Waals surface area contributed by atoms with Crippen molar-refractivity contribution < 1.29 is 0 Å². The second-order valence-corrected chi connectivity index (χ2v) is 18.4. The van der Waals surface area contributed by atoms with Gasteiger partial charge in [0.05, 0.1) is 19.5 Å². The Kier molecular flexibility index (Phi) is 7.49. The Labute approximate surface area is 325 Å². The van der Waals surface area contributed by atoms with Gasteiger partial charge in [-0.15, -0.1) is 56.7 Å². The van der Waals surface area contributed by atoms with E-state index in [0.29, 0.717) is 0 Å². The summed E-state index contributed by atoms with van der Waals surface area (Å²) in [4.78, 5) is 19.6. The van der Waals surface area contributed by atoms with Crippen molar-refractivity contribution >= 4 is 99.8 Å². The van der Waals surface area contributed by atoms with Crippen LogP contribution in [0.5, 0.6) is 0 Å². The van der Waals surface area contributed by atoms with Gasteiger partial charge in [0, 0.05) is 31.9 Å². The highest BCUT2D eigenvalue weighted by Crippen LogP contribution is 2.45. The molecule has 2 nitrogen and oxygen atoms in total. The molecule has 53 heavy (non-hydrogen) atoms. The Morgan fingerprint density at radius 3 is 1.02 bits per heavy atom. The van der Waals surface area contributed by atoms with E-state index in [1.807, 2.05) is 46.4 Å². The zero-order valence-electron chi connectivity index (χ0n) is 27.9. The summed E-state index contributed by atoms with van der Waals surface area (Å²) in [5, 5.41) is 12.2. The van der Waals surface area contributed by atoms with Gasteiger partial charge in [-0.3, -0.25) is 0 Å². The van der Waals surface area contributed by atoms with Gasteiger partial charge in [0.2, 0.25) is 0 Å². The molecular weight excluding hydrogens is 741 g/mol. The molecule has 11 aromatic rings. The summed E-state index contributed by atoms with van der Waals surface area (Å²) in [6.07, 6.45) is 4.04. The number of fused-ring (bicyclic) bond motifs is 4. The van der Waals surface area contributed by atoms with Gasteiger partial charge in [-0.25, -0.2) is 9.97 Å². The molecule has 6 aromatic carbocycles. The van der Waals surface area contributed by atoms with Gasteiger partial charge in [0.25, 0.3) is 0 Å². The van der Waals surface area contributed by atoms with Gasteiger partial charge in [-0.05, 0) is 127 Å². The number of thiazole rings is 2. The first kappa shape index (κ1) is 31.3. The highest BCUT2D eigenvalue weighted by atomic mass is 32.1. The number of rotatable bonds is 6. The Morgan fingerprint density at radius 2 is 0.604 bits per heavy atom. The van der Waals surface area contributed by atoms with Crippen LogP contribution in [0.1, 0.15) is 0 Å². The van der Waals surface area contributed by atoms with Crippen molar-refractivity contribution in [1.29, 1.82) is 0 Å². The summed E-state index contributed by atoms with van der Waals surface area (Å²) in [6, 6.07) is 53.2. The van der Waals surface area contributed by atoms with E-state index in [-0.39, 0.29) is 0 Å². The fourth-order valence-corrected chi connectivity index (χ4v) is 12.1. The molecule has 0 aliphatic rings. The lowest BCUT2D eigenvalue weighted by atomic mass is 10.0. The third-order valence-electron chi connectivity index (χ3n) is 9.72. The molecule has 7 heteroatoms. The average molecular weight is 767 g/mol. The van der Waals surface area contributed by atoms with E-state index in [4.69, 9.17) is 9.97 Å². The van der Waals surface area contributed by atoms with Crippen molar-refractivity contribution in [2.75, 3.05) is 0 Å². The second kappa shape index (κ2) is 12.7. The SMILES string of the molecule is c1ccc2cc3cc(-c4cnc(-c5ccc(-c6ccc(-c7ccc(-c8ncc(-c9ccc%10cc%11ccccc%11cc%10c9)s8)s7)s6)s5)s4)ccc3cc2c1. The number of hydrogen-bond acceptors (Lipinski definition) is 7. The van der Waals surface area contributed by atoms with Crippen LogP contribution in [0.15, 0.2) is 158 Å². The standard InChI is InChI=1S/C46H26N2S5/c1-3-7-29-21-35-23-33(11-9-31(35)19-27(29)5-1)43-25-47-45(52-43)41-17-15-39(50-41)37-13-14-38(49-37)40-16-18-42(51-40)46-48-26-44(53-46)34-12-10-32-20-28-6-2-4-8-30(28)22-36(32)24-34/h1-26H. The minimum atomic E-state index is 1.06. The maximum atomic E-state index is 4.86. The highest BCUT2D eigenvalue weighted by Gasteiger charge is 2.15. The molecule has 0 radical (unpaired) electrons. The first-order valence-electron chi connectivity index (χ1n) is 17.3. The van der Waals surface area contributed by atoms with Gasteiger partial charge in [0.1, 0.15) is 10.0 Å². The van der Waals surface area contributed by atoms with Crippen LogP contribution in [0.4, 0.5) is 0 Å². The Hall–Kier alpha value is -5.28. The summed E-state index contributed by atoms with van der Waals surface area (Å²) in [6.45, 7) is 0. The molecule has 0 fully saturated rings. The second-order valence-electron chi connectivity index (χ2n) is 13.1. The van der Waals surface area contributed by atoms with E-state index in [0.717, 1.165) is 10.0 Å². The molecule has 11 rings (SSSR count). The zero-order chi connectivity index (χ0) is 34.9. The van der Waals surface area contributed by atoms with Crippen LogP contribution in [0.25, 0.3) is 103 Å². The number of thiophene rings is 3. The molecule has 0 aliphatic heterocycles. The van der Waals surface area contributed by atoms with Crippen molar-refractivity contribution in [2.24, 2.45) is 0 Å². The topological polar surface area (TPSA) is 25.8 Å². The lowest BCUT2D eigenvalue weighted by Crippen LogP contribution is -1.78. The molecule has 0 saturated carbocycles. The van der Waals surface area contributed by atoms with E-state index in [9.17, 15) is 0 Å². The van der Waals surface area contributed by atoms with Crippen LogP contribution < -0.4 is 0 Å². The predicted molar refractivity (Wildman–Crippen MR) is 234 cm³/mol. The molecule has 0 N–H and O–H groups in total. The van der Waals surface area contributed by atoms with Crippen LogP contribution >= 0.6 is 56.7 Å². The van der Waals surface area contributed by atoms with Crippen molar-refractivity contribution in [3.63, 3.8) is 0 Å². The monoisotopic (exact) mass is 766 g/mol. The molecule has 0 bridgehead atoms. The zero-order valence-corrected chi connectivity index (χ0v) is 32.0. The fraction of sp³-hybridized carbons (Fsp3) is 0. The van der Waals surface area contributed by atoms with E-state index < -0.39 is 0 Å². The third kappa shape index (κ3) is 5.73. The lowest BCUT2D eigenvalue weighted by Gasteiger charge is -2.04. The largest absolute Gasteiger partial charge is 0.243 e. The van der Waals surface area contributed by atoms with Gasteiger partial charge in [0.15, 0.2) is 0 Å². The van der Waals surface area contributed by atoms with Crippen LogP contribution in [-0.4, -0.2) is 9.97 Å². The minimum Gasteiger partial charge on any atom is -0.243 e. The quantitative estimate of drug-likeness (QED) is 0.158. The molecule has 0 saturated heterocycles. The number of benzene rings is 6. The van der Waals surface area contributed by atoms with Gasteiger partial charge < -0.3 is 0 Å². The van der Waals surface area contributed by atoms with Crippen LogP contribution in [0, 0.1) is 0 Å². The van der Waals surface area contributed by atoms with Crippen LogP contribution in [-0.2, 0) is 0 Å². The first-order valence-corrected chi connectivity index (χ1v) is 21.3. The first-order chi connectivity index (χ1) is 26.2. The fourth-order valence-electron chi connectivity index (χ4n) is 7.00. The maximum absolute atomic E-state index is 4.86. The Morgan fingerprint density at radius 1 is 0.264 bits per heavy atom. The third-order valence-corrected chi connectivity index (χ3v) is 15.8. The number of nitrogens with zero attached hydrogens (tertiary/aromatic N) is 2. The summed E-state index contributed by atoms with van der Waals surface area (Å²) in [5.74, 6) is 0. The summed E-state index contributed by atoms with van der Waals surface area (Å²) in [5.41, 5.74) is 2.42. The number of aromatic nitrogens is 2. The van der Waals surface area contributed by atoms with Crippen molar-refractivity contribution in [1.82, 2.24) is 9.97 Å². The average Bonchev–Trinajstić information content (AvgIpc) is 4.04. The van der Waals surface area contributed by atoms with Crippen LogP contribution in [0.2, 0.25) is 0 Å². The summed E-state index contributed by atoms with van der Waals surface area (Å²) < 4.78 is 0. The predicted octanol–water partition coefficient (Wildman–Crippen LogP) is 15.4. The van der Waals surface area contributed by atoms with E-state index in [1.165, 1.54) is 93.2 Å². The van der Waals surface area contributed by atoms with E-state index in [2.05, 4.69) is 146 Å². The van der Waals surface area contributed by atoms with Gasteiger partial charge >= 0.3 is 0 Å². The van der Waals surface area contributed by atoms with Crippen LogP contribution in [0.3, 0.4) is 0 Å². The Bertz CT molecular complexity index is 2940. The molecule has 0 amide bonds. The molecule has 0 unspecified atom stereocenters. The maximum Gasteiger partial charge on any atom is 0.133 e. The normalized spacial score (nSPS) is 11.8. The smallest absolute Gasteiger partial charge is 0.133 e. The molecule has 5 aromatic heterocycles. The molecule has 0 atom stereocenters. The molecule has 5 heterocycles. The summed E-state index contributed by atoms with van der Waals surface area (Å²) in [7, 11) is 0. The molecule has 250 valence electrons. The molecule has 0 spiro atoms. The van der Waals surface area contributed by atoms with Crippen molar-refractivity contribution in [3.05, 3.63) is 158 Å². The minimum absolute atomic E-state index is 1.06. The van der Waals surface area contributed by atoms with Crippen molar-refractivity contribution in [2.45, 2.75) is 0 Å². The van der Waals surface area contributed by atoms with E-state index >= 15 is 0 Å². The Balaban J connectivity index is 0.815.